The summed E-state index contributed by atoms with van der Waals surface area (Å²) < 4.78 is 5.17. The number of ether oxygens (including phenoxy) is 1. The average Bonchev–Trinajstić information content (AvgIpc) is 2.81. The summed E-state index contributed by atoms with van der Waals surface area (Å²) in [6.45, 7) is 2.70. The lowest BCUT2D eigenvalue weighted by Gasteiger charge is -2.20. The summed E-state index contributed by atoms with van der Waals surface area (Å²) in [4.78, 5) is 25.8. The fourth-order valence-corrected chi connectivity index (χ4v) is 2.99. The van der Waals surface area contributed by atoms with Crippen molar-refractivity contribution < 1.29 is 14.5 Å². The number of nitro benzene ring substituents is 1. The van der Waals surface area contributed by atoms with Crippen LogP contribution in [0, 0.1) is 10.1 Å². The van der Waals surface area contributed by atoms with Gasteiger partial charge in [0.25, 0.3) is 11.6 Å². The Morgan fingerprint density at radius 3 is 2.82 bits per heavy atom. The molecule has 0 aromatic heterocycles. The topological polar surface area (TPSA) is 84.7 Å². The van der Waals surface area contributed by atoms with E-state index in [2.05, 4.69) is 5.32 Å². The number of nitro groups is 1. The number of hydrogen-bond acceptors (Lipinski definition) is 6. The highest BCUT2D eigenvalue weighted by Crippen LogP contribution is 2.35. The van der Waals surface area contributed by atoms with Crippen molar-refractivity contribution in [2.75, 3.05) is 39.5 Å². The molecule has 0 bridgehead atoms. The highest BCUT2D eigenvalue weighted by molar-refractivity contribution is 7.98. The molecule has 2 rings (SSSR count). The van der Waals surface area contributed by atoms with Crippen LogP contribution < -0.4 is 10.1 Å². The van der Waals surface area contributed by atoms with Gasteiger partial charge in [-0.1, -0.05) is 0 Å². The second kappa shape index (κ2) is 7.46. The number of nitrogens with one attached hydrogen (secondary N) is 1. The van der Waals surface area contributed by atoms with E-state index in [1.807, 2.05) is 6.26 Å². The summed E-state index contributed by atoms with van der Waals surface area (Å²) in [5.41, 5.74) is -0.0890. The van der Waals surface area contributed by atoms with Crippen LogP contribution in [0.5, 0.6) is 5.75 Å². The molecule has 1 amide bonds. The maximum atomic E-state index is 12.7. The first-order valence-electron chi connectivity index (χ1n) is 6.99. The molecule has 1 heterocycles. The molecule has 0 atom stereocenters. The van der Waals surface area contributed by atoms with E-state index in [0.717, 1.165) is 13.0 Å². The SMILES string of the molecule is COc1cc([N+](=O)[O-])c(C(=O)N2CCCNCC2)cc1SC. The van der Waals surface area contributed by atoms with E-state index >= 15 is 0 Å². The summed E-state index contributed by atoms with van der Waals surface area (Å²) in [5.74, 6) is 0.113. The molecule has 1 aliphatic heterocycles. The fourth-order valence-electron chi connectivity index (χ4n) is 2.41. The van der Waals surface area contributed by atoms with Gasteiger partial charge in [-0.3, -0.25) is 14.9 Å². The fraction of sp³-hybridized carbons (Fsp3) is 0.500. The molecule has 8 heteroatoms. The number of hydrogen-bond donors (Lipinski definition) is 1. The molecule has 0 aliphatic carbocycles. The van der Waals surface area contributed by atoms with Crippen molar-refractivity contribution in [1.29, 1.82) is 0 Å². The van der Waals surface area contributed by atoms with E-state index in [1.54, 1.807) is 11.0 Å². The van der Waals surface area contributed by atoms with Crippen molar-refractivity contribution in [3.63, 3.8) is 0 Å². The number of carbonyl (C=O) groups is 1. The quantitative estimate of drug-likeness (QED) is 0.516. The van der Waals surface area contributed by atoms with Crippen molar-refractivity contribution in [3.05, 3.63) is 27.8 Å². The average molecular weight is 325 g/mol. The first-order valence-corrected chi connectivity index (χ1v) is 8.21. The van der Waals surface area contributed by atoms with Gasteiger partial charge in [-0.2, -0.15) is 0 Å². The molecular weight excluding hydrogens is 306 g/mol. The van der Waals surface area contributed by atoms with E-state index in [-0.39, 0.29) is 17.2 Å². The highest BCUT2D eigenvalue weighted by atomic mass is 32.2. The Morgan fingerprint density at radius 1 is 1.41 bits per heavy atom. The molecular formula is C14H19N3O4S. The molecule has 1 aromatic carbocycles. The Labute approximate surface area is 133 Å². The Kier molecular flexibility index (Phi) is 5.62. The minimum atomic E-state index is -0.532. The zero-order valence-electron chi connectivity index (χ0n) is 12.6. The number of amides is 1. The minimum Gasteiger partial charge on any atom is -0.495 e. The van der Waals surface area contributed by atoms with Gasteiger partial charge in [-0.05, 0) is 25.3 Å². The lowest BCUT2D eigenvalue weighted by Crippen LogP contribution is -2.34. The Hall–Kier alpha value is -1.80. The van der Waals surface area contributed by atoms with Crippen LogP contribution in [0.3, 0.4) is 0 Å². The zero-order chi connectivity index (χ0) is 16.1. The smallest absolute Gasteiger partial charge is 0.285 e. The third-order valence-corrected chi connectivity index (χ3v) is 4.32. The monoisotopic (exact) mass is 325 g/mol. The maximum Gasteiger partial charge on any atom is 0.285 e. The highest BCUT2D eigenvalue weighted by Gasteiger charge is 2.27. The second-order valence-electron chi connectivity index (χ2n) is 4.88. The molecule has 1 fully saturated rings. The number of methoxy groups -OCH3 is 1. The largest absolute Gasteiger partial charge is 0.495 e. The van der Waals surface area contributed by atoms with Gasteiger partial charge in [0.05, 0.1) is 23.0 Å². The molecule has 7 nitrogen and oxygen atoms in total. The Balaban J connectivity index is 2.42. The van der Waals surface area contributed by atoms with Gasteiger partial charge in [-0.15, -0.1) is 11.8 Å². The van der Waals surface area contributed by atoms with Crippen molar-refractivity contribution in [2.45, 2.75) is 11.3 Å². The summed E-state index contributed by atoms with van der Waals surface area (Å²) in [7, 11) is 1.46. The van der Waals surface area contributed by atoms with Crippen molar-refractivity contribution in [3.8, 4) is 5.75 Å². The number of carbonyl (C=O) groups excluding carboxylic acids is 1. The zero-order valence-corrected chi connectivity index (χ0v) is 13.4. The van der Waals surface area contributed by atoms with E-state index in [4.69, 9.17) is 4.74 Å². The first kappa shape index (κ1) is 16.6. The van der Waals surface area contributed by atoms with Crippen LogP contribution in [0.2, 0.25) is 0 Å². The summed E-state index contributed by atoms with van der Waals surface area (Å²) in [6.07, 6.45) is 2.68. The van der Waals surface area contributed by atoms with Crippen LogP contribution in [0.25, 0.3) is 0 Å². The molecule has 22 heavy (non-hydrogen) atoms. The number of rotatable bonds is 4. The molecule has 0 unspecified atom stereocenters. The third-order valence-electron chi connectivity index (χ3n) is 3.56. The molecule has 0 spiro atoms. The Bertz CT molecular complexity index is 571. The predicted molar refractivity (Wildman–Crippen MR) is 84.8 cm³/mol. The lowest BCUT2D eigenvalue weighted by molar-refractivity contribution is -0.385. The van der Waals surface area contributed by atoms with Crippen LogP contribution in [-0.2, 0) is 0 Å². The predicted octanol–water partition coefficient (Wildman–Crippen LogP) is 1.76. The first-order chi connectivity index (χ1) is 10.6. The molecule has 0 saturated carbocycles. The van der Waals surface area contributed by atoms with Gasteiger partial charge in [0.15, 0.2) is 0 Å². The molecule has 1 aliphatic rings. The van der Waals surface area contributed by atoms with Gasteiger partial charge in [0.2, 0.25) is 0 Å². The van der Waals surface area contributed by atoms with Crippen LogP contribution in [0.4, 0.5) is 5.69 Å². The molecule has 0 radical (unpaired) electrons. The summed E-state index contributed by atoms with van der Waals surface area (Å²) in [5, 5.41) is 14.5. The van der Waals surface area contributed by atoms with E-state index in [9.17, 15) is 14.9 Å². The van der Waals surface area contributed by atoms with Gasteiger partial charge < -0.3 is 15.0 Å². The van der Waals surface area contributed by atoms with E-state index < -0.39 is 4.92 Å². The van der Waals surface area contributed by atoms with Crippen LogP contribution >= 0.6 is 11.8 Å². The van der Waals surface area contributed by atoms with E-state index in [0.29, 0.717) is 30.3 Å². The molecule has 1 saturated heterocycles. The third kappa shape index (κ3) is 3.50. The van der Waals surface area contributed by atoms with Gasteiger partial charge in [0.1, 0.15) is 11.3 Å². The van der Waals surface area contributed by atoms with Gasteiger partial charge in [-0.25, -0.2) is 0 Å². The number of benzene rings is 1. The van der Waals surface area contributed by atoms with Gasteiger partial charge >= 0.3 is 0 Å². The lowest BCUT2D eigenvalue weighted by atomic mass is 10.1. The van der Waals surface area contributed by atoms with Crippen LogP contribution in [0.15, 0.2) is 17.0 Å². The Morgan fingerprint density at radius 2 is 2.18 bits per heavy atom. The second-order valence-corrected chi connectivity index (χ2v) is 5.73. The molecule has 120 valence electrons. The van der Waals surface area contributed by atoms with Crippen molar-refractivity contribution >= 4 is 23.4 Å². The van der Waals surface area contributed by atoms with Crippen LogP contribution in [0.1, 0.15) is 16.8 Å². The molecule has 1 aromatic rings. The van der Waals surface area contributed by atoms with Gasteiger partial charge in [0, 0.05) is 19.6 Å². The number of thioether (sulfide) groups is 1. The standard InChI is InChI=1S/C14H19N3O4S/c1-21-12-9-11(17(19)20)10(8-13(12)22-2)14(18)16-6-3-4-15-5-7-16/h8-9,15H,3-7H2,1-2H3. The summed E-state index contributed by atoms with van der Waals surface area (Å²) >= 11 is 1.39. The number of nitrogens with zero attached hydrogens (tertiary/aromatic N) is 2. The summed E-state index contributed by atoms with van der Waals surface area (Å²) in [6, 6.07) is 2.89. The minimum absolute atomic E-state index is 0.122. The molecule has 1 N–H and O–H groups in total. The normalized spacial score (nSPS) is 15.3. The van der Waals surface area contributed by atoms with Crippen molar-refractivity contribution in [2.24, 2.45) is 0 Å². The van der Waals surface area contributed by atoms with E-state index in [1.165, 1.54) is 24.9 Å². The maximum absolute atomic E-state index is 12.7. The van der Waals surface area contributed by atoms with Crippen LogP contribution in [-0.4, -0.2) is 55.3 Å². The van der Waals surface area contributed by atoms with Crippen molar-refractivity contribution in [1.82, 2.24) is 10.2 Å².